The minimum atomic E-state index is -0.0673. The molecule has 0 bridgehead atoms. The molecule has 1 aromatic heterocycles. The Kier molecular flexibility index (Phi) is 4.07. The number of nitrogens with zero attached hydrogens (tertiary/aromatic N) is 3. The van der Waals surface area contributed by atoms with Crippen LogP contribution in [-0.2, 0) is 17.8 Å². The summed E-state index contributed by atoms with van der Waals surface area (Å²) < 4.78 is 7.21. The van der Waals surface area contributed by atoms with E-state index in [9.17, 15) is 0 Å². The van der Waals surface area contributed by atoms with Crippen LogP contribution >= 0.6 is 0 Å². The van der Waals surface area contributed by atoms with Crippen molar-refractivity contribution >= 4 is 0 Å². The molecule has 5 nitrogen and oxygen atoms in total. The van der Waals surface area contributed by atoms with Gasteiger partial charge in [0.05, 0.1) is 18.3 Å². The molecule has 0 aliphatic carbocycles. The number of hydrogen-bond acceptors (Lipinski definition) is 4. The molecule has 2 rings (SSSR count). The van der Waals surface area contributed by atoms with E-state index in [2.05, 4.69) is 22.4 Å². The largest absolute Gasteiger partial charge is 0.375 e. The van der Waals surface area contributed by atoms with Crippen LogP contribution in [0.3, 0.4) is 0 Å². The summed E-state index contributed by atoms with van der Waals surface area (Å²) in [6.45, 7) is 3.02. The van der Waals surface area contributed by atoms with E-state index < -0.39 is 0 Å². The van der Waals surface area contributed by atoms with Crippen LogP contribution in [-0.4, -0.2) is 22.1 Å². The first kappa shape index (κ1) is 12.7. The van der Waals surface area contributed by atoms with Gasteiger partial charge in [0, 0.05) is 13.7 Å². The van der Waals surface area contributed by atoms with Crippen LogP contribution < -0.4 is 5.73 Å². The van der Waals surface area contributed by atoms with E-state index in [-0.39, 0.29) is 6.10 Å². The van der Waals surface area contributed by atoms with Gasteiger partial charge in [0.15, 0.2) is 0 Å². The molecule has 0 amide bonds. The molecule has 18 heavy (non-hydrogen) atoms. The zero-order valence-corrected chi connectivity index (χ0v) is 10.7. The molecule has 2 N–H and O–H groups in total. The van der Waals surface area contributed by atoms with Gasteiger partial charge in [-0.25, -0.2) is 4.68 Å². The molecule has 0 fully saturated rings. The Bertz CT molecular complexity index is 495. The van der Waals surface area contributed by atoms with Gasteiger partial charge in [-0.05, 0) is 12.5 Å². The van der Waals surface area contributed by atoms with E-state index in [1.54, 1.807) is 7.11 Å². The van der Waals surface area contributed by atoms with Crippen molar-refractivity contribution in [1.82, 2.24) is 15.0 Å². The summed E-state index contributed by atoms with van der Waals surface area (Å²) in [6, 6.07) is 10.1. The van der Waals surface area contributed by atoms with E-state index in [1.807, 2.05) is 29.8 Å². The molecule has 1 atom stereocenters. The van der Waals surface area contributed by atoms with Gasteiger partial charge in [0.1, 0.15) is 5.69 Å². The molecule has 0 aliphatic heterocycles. The second kappa shape index (κ2) is 5.75. The highest BCUT2D eigenvalue weighted by Crippen LogP contribution is 2.19. The first-order chi connectivity index (χ1) is 8.76. The minimum absolute atomic E-state index is 0.0673. The van der Waals surface area contributed by atoms with Crippen molar-refractivity contribution in [2.24, 2.45) is 5.73 Å². The Morgan fingerprint density at radius 2 is 2.06 bits per heavy atom. The summed E-state index contributed by atoms with van der Waals surface area (Å²) in [5.74, 6) is 0. The van der Waals surface area contributed by atoms with Crippen LogP contribution in [0.1, 0.15) is 30.0 Å². The fourth-order valence-electron chi connectivity index (χ4n) is 1.93. The lowest BCUT2D eigenvalue weighted by atomic mass is 10.2. The van der Waals surface area contributed by atoms with Gasteiger partial charge >= 0.3 is 0 Å². The Morgan fingerprint density at radius 3 is 2.67 bits per heavy atom. The van der Waals surface area contributed by atoms with Gasteiger partial charge in [-0.15, -0.1) is 5.10 Å². The van der Waals surface area contributed by atoms with E-state index >= 15 is 0 Å². The molecule has 0 saturated carbocycles. The number of ether oxygens (including phenoxy) is 1. The number of nitrogens with two attached hydrogens (primary N) is 1. The zero-order valence-electron chi connectivity index (χ0n) is 10.7. The van der Waals surface area contributed by atoms with Gasteiger partial charge in [0.2, 0.25) is 0 Å². The van der Waals surface area contributed by atoms with E-state index in [0.29, 0.717) is 13.1 Å². The number of rotatable bonds is 5. The van der Waals surface area contributed by atoms with Crippen molar-refractivity contribution in [1.29, 1.82) is 0 Å². The van der Waals surface area contributed by atoms with Crippen LogP contribution in [0.25, 0.3) is 0 Å². The van der Waals surface area contributed by atoms with E-state index in [4.69, 9.17) is 10.5 Å². The summed E-state index contributed by atoms with van der Waals surface area (Å²) in [6.07, 6.45) is -0.0673. The third kappa shape index (κ3) is 2.57. The summed E-state index contributed by atoms with van der Waals surface area (Å²) in [5.41, 5.74) is 8.59. The summed E-state index contributed by atoms with van der Waals surface area (Å²) >= 11 is 0. The molecule has 0 radical (unpaired) electrons. The molecule has 1 unspecified atom stereocenters. The number of aromatic nitrogens is 3. The van der Waals surface area contributed by atoms with Gasteiger partial charge in [0.25, 0.3) is 0 Å². The van der Waals surface area contributed by atoms with Crippen molar-refractivity contribution in [3.63, 3.8) is 0 Å². The first-order valence-electron chi connectivity index (χ1n) is 5.95. The molecular formula is C13H18N4O. The maximum Gasteiger partial charge on any atom is 0.102 e. The highest BCUT2D eigenvalue weighted by molar-refractivity contribution is 5.18. The van der Waals surface area contributed by atoms with Crippen LogP contribution in [0.5, 0.6) is 0 Å². The number of hydrogen-bond donors (Lipinski definition) is 1. The topological polar surface area (TPSA) is 66.0 Å². The molecule has 0 saturated heterocycles. The number of methoxy groups -OCH3 is 1. The molecule has 1 heterocycles. The van der Waals surface area contributed by atoms with Crippen LogP contribution in [0.2, 0.25) is 0 Å². The van der Waals surface area contributed by atoms with Gasteiger partial charge in [-0.1, -0.05) is 35.5 Å². The minimum Gasteiger partial charge on any atom is -0.375 e. The smallest absolute Gasteiger partial charge is 0.102 e. The van der Waals surface area contributed by atoms with Gasteiger partial charge in [-0.3, -0.25) is 0 Å². The molecular weight excluding hydrogens is 228 g/mol. The Hall–Kier alpha value is -1.72. The van der Waals surface area contributed by atoms with Crippen LogP contribution in [0.15, 0.2) is 30.3 Å². The average Bonchev–Trinajstić information content (AvgIpc) is 2.82. The highest BCUT2D eigenvalue weighted by Gasteiger charge is 2.17. The van der Waals surface area contributed by atoms with E-state index in [0.717, 1.165) is 11.4 Å². The summed E-state index contributed by atoms with van der Waals surface area (Å²) in [7, 11) is 1.67. The Morgan fingerprint density at radius 1 is 1.33 bits per heavy atom. The second-order valence-corrected chi connectivity index (χ2v) is 4.15. The maximum atomic E-state index is 5.68. The lowest BCUT2D eigenvalue weighted by molar-refractivity contribution is 0.111. The zero-order chi connectivity index (χ0) is 13.0. The predicted molar refractivity (Wildman–Crippen MR) is 68.9 cm³/mol. The average molecular weight is 246 g/mol. The fraction of sp³-hybridized carbons (Fsp3) is 0.385. The second-order valence-electron chi connectivity index (χ2n) is 4.15. The first-order valence-corrected chi connectivity index (χ1v) is 5.95. The van der Waals surface area contributed by atoms with Crippen LogP contribution in [0.4, 0.5) is 0 Å². The van der Waals surface area contributed by atoms with E-state index in [1.165, 1.54) is 5.56 Å². The molecule has 0 spiro atoms. The van der Waals surface area contributed by atoms with Crippen molar-refractivity contribution in [3.05, 3.63) is 47.3 Å². The third-order valence-corrected chi connectivity index (χ3v) is 2.95. The SMILES string of the molecule is COC(C)c1c(CN)nnn1Cc1ccccc1. The molecule has 96 valence electrons. The standard InChI is InChI=1S/C13H18N4O/c1-10(18-2)13-12(8-14)15-16-17(13)9-11-6-4-3-5-7-11/h3-7,10H,8-9,14H2,1-2H3. The molecule has 5 heteroatoms. The van der Waals surface area contributed by atoms with Crippen molar-refractivity contribution < 1.29 is 4.74 Å². The monoisotopic (exact) mass is 246 g/mol. The lowest BCUT2D eigenvalue weighted by Gasteiger charge is -2.13. The van der Waals surface area contributed by atoms with Crippen molar-refractivity contribution in [2.45, 2.75) is 26.1 Å². The maximum absolute atomic E-state index is 5.68. The Balaban J connectivity index is 2.30. The predicted octanol–water partition coefficient (Wildman–Crippen LogP) is 1.49. The van der Waals surface area contributed by atoms with Crippen molar-refractivity contribution in [2.75, 3.05) is 7.11 Å². The fourth-order valence-corrected chi connectivity index (χ4v) is 1.93. The normalized spacial score (nSPS) is 12.6. The Labute approximate surface area is 107 Å². The van der Waals surface area contributed by atoms with Crippen molar-refractivity contribution in [3.8, 4) is 0 Å². The lowest BCUT2D eigenvalue weighted by Crippen LogP contribution is -2.12. The molecule has 0 aliphatic rings. The molecule has 1 aromatic carbocycles. The number of benzene rings is 1. The third-order valence-electron chi connectivity index (χ3n) is 2.95. The van der Waals surface area contributed by atoms with Gasteiger partial charge in [-0.2, -0.15) is 0 Å². The van der Waals surface area contributed by atoms with Crippen LogP contribution in [0, 0.1) is 0 Å². The quantitative estimate of drug-likeness (QED) is 0.868. The summed E-state index contributed by atoms with van der Waals surface area (Å²) in [5, 5.41) is 8.27. The molecule has 2 aromatic rings. The summed E-state index contributed by atoms with van der Waals surface area (Å²) in [4.78, 5) is 0. The van der Waals surface area contributed by atoms with Gasteiger partial charge < -0.3 is 10.5 Å². The highest BCUT2D eigenvalue weighted by atomic mass is 16.5.